The normalized spacial score (nSPS) is 28.2. The van der Waals surface area contributed by atoms with Crippen molar-refractivity contribution in [1.82, 2.24) is 9.47 Å². The second-order valence-electron chi connectivity index (χ2n) is 4.00. The van der Waals surface area contributed by atoms with Crippen molar-refractivity contribution in [3.8, 4) is 0 Å². The third-order valence-corrected chi connectivity index (χ3v) is 3.25. The molecule has 6 nitrogen and oxygen atoms in total. The van der Waals surface area contributed by atoms with E-state index in [1.54, 1.807) is 12.1 Å². The molecule has 0 radical (unpaired) electrons. The molecule has 0 spiro atoms. The highest BCUT2D eigenvalue weighted by atomic mass is 17.1. The number of aromatic nitrogens is 1. The summed E-state index contributed by atoms with van der Waals surface area (Å²) in [5.74, 6) is -0.691. The first kappa shape index (κ1) is 9.56. The first-order chi connectivity index (χ1) is 7.70. The molecule has 1 saturated heterocycles. The van der Waals surface area contributed by atoms with Gasteiger partial charge in [0.25, 0.3) is 17.5 Å². The third-order valence-electron chi connectivity index (χ3n) is 3.25. The van der Waals surface area contributed by atoms with Crippen LogP contribution in [0.1, 0.15) is 28.1 Å². The fraction of sp³-hybridized carbons (Fsp3) is 0.400. The van der Waals surface area contributed by atoms with Crippen LogP contribution in [0.5, 0.6) is 0 Å². The molecule has 0 aromatic carbocycles. The third kappa shape index (κ3) is 0.885. The Balaban J connectivity index is 2.22. The fourth-order valence-corrected chi connectivity index (χ4v) is 2.47. The molecule has 1 fully saturated rings. The van der Waals surface area contributed by atoms with E-state index in [0.29, 0.717) is 25.1 Å². The number of carbonyl (C=O) groups is 2. The summed E-state index contributed by atoms with van der Waals surface area (Å²) in [6.07, 6.45) is 2.47. The standard InChI is InChI=1S/C10H10N2O4/c13-8-7-3-1-5-11(7)9(14)10(16-15)4-2-6-12(8)10/h1,3,5,15H,2,4,6H2. The second-order valence-corrected chi connectivity index (χ2v) is 4.00. The van der Waals surface area contributed by atoms with Crippen LogP contribution in [0.15, 0.2) is 18.3 Å². The van der Waals surface area contributed by atoms with Crippen LogP contribution in [-0.4, -0.2) is 38.8 Å². The van der Waals surface area contributed by atoms with Crippen LogP contribution >= 0.6 is 0 Å². The lowest BCUT2D eigenvalue weighted by atomic mass is 10.1. The van der Waals surface area contributed by atoms with Crippen molar-refractivity contribution in [2.75, 3.05) is 6.54 Å². The molecule has 1 unspecified atom stereocenters. The molecule has 0 saturated carbocycles. The van der Waals surface area contributed by atoms with Crippen LogP contribution in [-0.2, 0) is 4.89 Å². The number of hydrogen-bond acceptors (Lipinski definition) is 4. The van der Waals surface area contributed by atoms with Gasteiger partial charge < -0.3 is 0 Å². The summed E-state index contributed by atoms with van der Waals surface area (Å²) in [4.78, 5) is 29.8. The van der Waals surface area contributed by atoms with E-state index < -0.39 is 11.6 Å². The Kier molecular flexibility index (Phi) is 1.75. The van der Waals surface area contributed by atoms with Gasteiger partial charge in [-0.25, -0.2) is 10.1 Å². The van der Waals surface area contributed by atoms with Crippen molar-refractivity contribution < 1.29 is 19.7 Å². The first-order valence-corrected chi connectivity index (χ1v) is 5.07. The van der Waals surface area contributed by atoms with Gasteiger partial charge in [-0.1, -0.05) is 0 Å². The van der Waals surface area contributed by atoms with Crippen molar-refractivity contribution in [3.05, 3.63) is 24.0 Å². The maximum absolute atomic E-state index is 12.1. The lowest BCUT2D eigenvalue weighted by molar-refractivity contribution is -0.331. The lowest BCUT2D eigenvalue weighted by Gasteiger charge is -2.37. The summed E-state index contributed by atoms with van der Waals surface area (Å²) in [5, 5.41) is 8.98. The van der Waals surface area contributed by atoms with Crippen molar-refractivity contribution in [1.29, 1.82) is 0 Å². The van der Waals surface area contributed by atoms with Crippen LogP contribution in [0, 0.1) is 0 Å². The molecule has 1 atom stereocenters. The average Bonchev–Trinajstić information content (AvgIpc) is 2.93. The number of fused-ring (bicyclic) bond motifs is 2. The molecule has 0 bridgehead atoms. The summed E-state index contributed by atoms with van der Waals surface area (Å²) in [6.45, 7) is 0.427. The highest BCUT2D eigenvalue weighted by molar-refractivity contribution is 6.06. The Hall–Kier alpha value is -1.66. The SMILES string of the molecule is O=C1c2cccn2C(=O)C2(OO)CCCN12. The molecule has 1 N–H and O–H groups in total. The molecule has 3 heterocycles. The van der Waals surface area contributed by atoms with Gasteiger partial charge in [0.15, 0.2) is 0 Å². The topological polar surface area (TPSA) is 71.8 Å². The minimum absolute atomic E-state index is 0.281. The van der Waals surface area contributed by atoms with Crippen molar-refractivity contribution in [2.45, 2.75) is 18.6 Å². The molecule has 6 heteroatoms. The highest BCUT2D eigenvalue weighted by Crippen LogP contribution is 2.36. The quantitative estimate of drug-likeness (QED) is 0.556. The number of hydrogen-bond donors (Lipinski definition) is 1. The Labute approximate surface area is 90.9 Å². The smallest absolute Gasteiger partial charge is 0.287 e. The molecular weight excluding hydrogens is 212 g/mol. The van der Waals surface area contributed by atoms with Crippen LogP contribution in [0.25, 0.3) is 0 Å². The Bertz CT molecular complexity index is 481. The Morgan fingerprint density at radius 3 is 3.00 bits per heavy atom. The van der Waals surface area contributed by atoms with Gasteiger partial charge in [0.1, 0.15) is 5.69 Å². The zero-order valence-electron chi connectivity index (χ0n) is 8.42. The molecule has 16 heavy (non-hydrogen) atoms. The first-order valence-electron chi connectivity index (χ1n) is 5.07. The van der Waals surface area contributed by atoms with Gasteiger partial charge >= 0.3 is 0 Å². The van der Waals surface area contributed by atoms with E-state index in [9.17, 15) is 9.59 Å². The van der Waals surface area contributed by atoms with Crippen LogP contribution in [0.4, 0.5) is 0 Å². The van der Waals surface area contributed by atoms with Gasteiger partial charge in [0.2, 0.25) is 0 Å². The van der Waals surface area contributed by atoms with Crippen LogP contribution < -0.4 is 0 Å². The molecule has 2 aliphatic heterocycles. The zero-order valence-corrected chi connectivity index (χ0v) is 8.42. The summed E-state index contributed by atoms with van der Waals surface area (Å²) in [5.41, 5.74) is -1.19. The Morgan fingerprint density at radius 2 is 2.25 bits per heavy atom. The minimum Gasteiger partial charge on any atom is -0.298 e. The second kappa shape index (κ2) is 2.93. The van der Waals surface area contributed by atoms with Crippen molar-refractivity contribution in [2.24, 2.45) is 0 Å². The summed E-state index contributed by atoms with van der Waals surface area (Å²) >= 11 is 0. The van der Waals surface area contributed by atoms with Gasteiger partial charge in [-0.2, -0.15) is 0 Å². The molecule has 1 aromatic heterocycles. The largest absolute Gasteiger partial charge is 0.298 e. The van der Waals surface area contributed by atoms with Gasteiger partial charge in [-0.05, 0) is 18.6 Å². The molecular formula is C10H10N2O4. The molecule has 0 aliphatic carbocycles. The van der Waals surface area contributed by atoms with Crippen LogP contribution in [0.2, 0.25) is 0 Å². The number of nitrogens with zero attached hydrogens (tertiary/aromatic N) is 2. The summed E-state index contributed by atoms with van der Waals surface area (Å²) in [7, 11) is 0. The van der Waals surface area contributed by atoms with Gasteiger partial charge in [-0.15, -0.1) is 0 Å². The van der Waals surface area contributed by atoms with E-state index in [4.69, 9.17) is 5.26 Å². The highest BCUT2D eigenvalue weighted by Gasteiger charge is 2.56. The maximum Gasteiger partial charge on any atom is 0.287 e. The average molecular weight is 222 g/mol. The zero-order chi connectivity index (χ0) is 11.3. The Morgan fingerprint density at radius 1 is 1.44 bits per heavy atom. The number of carbonyl (C=O) groups excluding carboxylic acids is 2. The molecule has 1 amide bonds. The summed E-state index contributed by atoms with van der Waals surface area (Å²) < 4.78 is 1.24. The summed E-state index contributed by atoms with van der Waals surface area (Å²) in [6, 6.07) is 3.21. The molecule has 3 rings (SSSR count). The fourth-order valence-electron chi connectivity index (χ4n) is 2.47. The minimum atomic E-state index is -1.51. The number of amides is 1. The monoisotopic (exact) mass is 222 g/mol. The number of rotatable bonds is 1. The van der Waals surface area contributed by atoms with Gasteiger partial charge in [0, 0.05) is 19.2 Å². The van der Waals surface area contributed by atoms with Gasteiger partial charge in [-0.3, -0.25) is 19.1 Å². The van der Waals surface area contributed by atoms with Crippen LogP contribution in [0.3, 0.4) is 0 Å². The molecule has 84 valence electrons. The maximum atomic E-state index is 12.1. The van der Waals surface area contributed by atoms with E-state index in [1.807, 2.05) is 0 Å². The molecule has 2 aliphatic rings. The van der Waals surface area contributed by atoms with E-state index in [2.05, 4.69) is 4.89 Å². The van der Waals surface area contributed by atoms with Crippen molar-refractivity contribution >= 4 is 11.8 Å². The lowest BCUT2D eigenvalue weighted by Crippen LogP contribution is -2.60. The molecule has 1 aromatic rings. The van der Waals surface area contributed by atoms with E-state index >= 15 is 0 Å². The predicted octanol–water partition coefficient (Wildman–Crippen LogP) is 0.564. The van der Waals surface area contributed by atoms with E-state index in [0.717, 1.165) is 0 Å². The van der Waals surface area contributed by atoms with E-state index in [-0.39, 0.29) is 5.91 Å². The predicted molar refractivity (Wildman–Crippen MR) is 51.8 cm³/mol. The van der Waals surface area contributed by atoms with E-state index in [1.165, 1.54) is 15.7 Å². The van der Waals surface area contributed by atoms with Gasteiger partial charge in [0.05, 0.1) is 0 Å². The van der Waals surface area contributed by atoms with Crippen molar-refractivity contribution in [3.63, 3.8) is 0 Å².